The van der Waals surface area contributed by atoms with Gasteiger partial charge in [0.15, 0.2) is 0 Å². The minimum absolute atomic E-state index is 0.197. The van der Waals surface area contributed by atoms with Crippen molar-refractivity contribution in [1.29, 1.82) is 0 Å². The van der Waals surface area contributed by atoms with E-state index in [1.54, 1.807) is 55.8 Å². The lowest BCUT2D eigenvalue weighted by Crippen LogP contribution is -2.22. The van der Waals surface area contributed by atoms with Crippen LogP contribution in [0.3, 0.4) is 0 Å². The summed E-state index contributed by atoms with van der Waals surface area (Å²) in [7, 11) is 4.83. The number of hydrogen-bond donors (Lipinski definition) is 1. The number of rotatable bonds is 4. The topological polar surface area (TPSA) is 71.5 Å². The number of anilines is 1. The van der Waals surface area contributed by atoms with Crippen LogP contribution in [0.15, 0.2) is 36.4 Å². The van der Waals surface area contributed by atoms with E-state index in [9.17, 15) is 9.59 Å². The lowest BCUT2D eigenvalue weighted by Gasteiger charge is -2.15. The number of carbonyl (C=O) groups is 2. The number of aromatic nitrogens is 1. The first-order valence-corrected chi connectivity index (χ1v) is 8.79. The Morgan fingerprint density at radius 3 is 2.62 bits per heavy atom. The Kier molecular flexibility index (Phi) is 4.90. The van der Waals surface area contributed by atoms with Crippen molar-refractivity contribution >= 4 is 39.1 Å². The summed E-state index contributed by atoms with van der Waals surface area (Å²) >= 11 is 1.59. The molecule has 0 fully saturated rings. The van der Waals surface area contributed by atoms with Gasteiger partial charge in [-0.1, -0.05) is 0 Å². The summed E-state index contributed by atoms with van der Waals surface area (Å²) in [5.41, 5.74) is 2.23. The molecular weight excluding hydrogens is 350 g/mol. The van der Waals surface area contributed by atoms with Crippen molar-refractivity contribution in [3.05, 3.63) is 52.5 Å². The molecule has 134 valence electrons. The van der Waals surface area contributed by atoms with Crippen LogP contribution in [0.5, 0.6) is 5.75 Å². The number of nitrogens with one attached hydrogen (secondary N) is 1. The molecule has 2 amide bonds. The Morgan fingerprint density at radius 1 is 1.15 bits per heavy atom. The molecule has 0 saturated heterocycles. The summed E-state index contributed by atoms with van der Waals surface area (Å²) in [6.07, 6.45) is 0. The third-order valence-electron chi connectivity index (χ3n) is 3.85. The summed E-state index contributed by atoms with van der Waals surface area (Å²) in [5, 5.41) is 3.78. The Morgan fingerprint density at radius 2 is 1.92 bits per heavy atom. The van der Waals surface area contributed by atoms with Crippen LogP contribution in [0, 0.1) is 6.92 Å². The molecule has 0 spiro atoms. The van der Waals surface area contributed by atoms with Gasteiger partial charge in [-0.3, -0.25) is 9.59 Å². The second-order valence-electron chi connectivity index (χ2n) is 5.98. The zero-order chi connectivity index (χ0) is 18.8. The molecule has 0 saturated carbocycles. The Labute approximate surface area is 155 Å². The largest absolute Gasteiger partial charge is 0.496 e. The maximum Gasteiger partial charge on any atom is 0.257 e. The minimum atomic E-state index is -0.258. The van der Waals surface area contributed by atoms with Gasteiger partial charge >= 0.3 is 0 Å². The fraction of sp³-hybridized carbons (Fsp3) is 0.211. The van der Waals surface area contributed by atoms with E-state index >= 15 is 0 Å². The van der Waals surface area contributed by atoms with E-state index < -0.39 is 0 Å². The third-order valence-corrected chi connectivity index (χ3v) is 4.80. The maximum absolute atomic E-state index is 12.6. The molecule has 1 aromatic heterocycles. The molecule has 7 heteroatoms. The molecule has 0 atom stereocenters. The number of carbonyl (C=O) groups excluding carboxylic acids is 2. The zero-order valence-corrected chi connectivity index (χ0v) is 15.8. The van der Waals surface area contributed by atoms with E-state index in [-0.39, 0.29) is 11.8 Å². The zero-order valence-electron chi connectivity index (χ0n) is 15.0. The van der Waals surface area contributed by atoms with Gasteiger partial charge in [0.05, 0.1) is 27.9 Å². The number of hydrogen-bond acceptors (Lipinski definition) is 5. The highest BCUT2D eigenvalue weighted by atomic mass is 32.1. The highest BCUT2D eigenvalue weighted by molar-refractivity contribution is 7.18. The average molecular weight is 369 g/mol. The Balaban J connectivity index is 1.88. The summed E-state index contributed by atoms with van der Waals surface area (Å²) < 4.78 is 6.29. The third kappa shape index (κ3) is 3.52. The van der Waals surface area contributed by atoms with E-state index in [4.69, 9.17) is 4.74 Å². The van der Waals surface area contributed by atoms with E-state index in [2.05, 4.69) is 10.3 Å². The Bertz CT molecular complexity index is 995. The van der Waals surface area contributed by atoms with Gasteiger partial charge in [-0.15, -0.1) is 11.3 Å². The van der Waals surface area contributed by atoms with Crippen molar-refractivity contribution < 1.29 is 14.3 Å². The predicted octanol–water partition coefficient (Wildman–Crippen LogP) is 3.57. The van der Waals surface area contributed by atoms with Gasteiger partial charge in [-0.25, -0.2) is 4.98 Å². The molecule has 0 aliphatic heterocycles. The SMILES string of the molecule is COc1ccc(NC(=O)c2ccc3sc(C)nc3c2)cc1C(=O)N(C)C. The van der Waals surface area contributed by atoms with Gasteiger partial charge in [-0.05, 0) is 43.3 Å². The number of aryl methyl sites for hydroxylation is 1. The van der Waals surface area contributed by atoms with Crippen LogP contribution in [-0.4, -0.2) is 42.9 Å². The van der Waals surface area contributed by atoms with Crippen LogP contribution in [0.25, 0.3) is 10.2 Å². The monoisotopic (exact) mass is 369 g/mol. The van der Waals surface area contributed by atoms with E-state index in [1.165, 1.54) is 12.0 Å². The molecule has 0 aliphatic carbocycles. The van der Waals surface area contributed by atoms with Gasteiger partial charge in [0.25, 0.3) is 11.8 Å². The van der Waals surface area contributed by atoms with Crippen molar-refractivity contribution in [3.63, 3.8) is 0 Å². The smallest absolute Gasteiger partial charge is 0.257 e. The number of benzene rings is 2. The average Bonchev–Trinajstić information content (AvgIpc) is 2.99. The predicted molar refractivity (Wildman–Crippen MR) is 103 cm³/mol. The van der Waals surface area contributed by atoms with Crippen molar-refractivity contribution in [2.75, 3.05) is 26.5 Å². The maximum atomic E-state index is 12.6. The van der Waals surface area contributed by atoms with E-state index in [0.29, 0.717) is 22.6 Å². The van der Waals surface area contributed by atoms with Crippen LogP contribution >= 0.6 is 11.3 Å². The summed E-state index contributed by atoms with van der Waals surface area (Å²) in [6, 6.07) is 10.4. The minimum Gasteiger partial charge on any atom is -0.496 e. The molecule has 0 radical (unpaired) electrons. The first-order valence-electron chi connectivity index (χ1n) is 7.97. The van der Waals surface area contributed by atoms with Crippen molar-refractivity contribution in [2.24, 2.45) is 0 Å². The quantitative estimate of drug-likeness (QED) is 0.763. The van der Waals surface area contributed by atoms with Crippen molar-refractivity contribution in [3.8, 4) is 5.75 Å². The molecule has 1 N–H and O–H groups in total. The molecule has 26 heavy (non-hydrogen) atoms. The summed E-state index contributed by atoms with van der Waals surface area (Å²) in [5.74, 6) is 0.00403. The van der Waals surface area contributed by atoms with E-state index in [0.717, 1.165) is 15.2 Å². The van der Waals surface area contributed by atoms with Crippen LogP contribution in [-0.2, 0) is 0 Å². The first-order chi connectivity index (χ1) is 12.4. The van der Waals surface area contributed by atoms with Gasteiger partial charge in [0, 0.05) is 25.3 Å². The Hall–Kier alpha value is -2.93. The van der Waals surface area contributed by atoms with Gasteiger partial charge in [-0.2, -0.15) is 0 Å². The normalized spacial score (nSPS) is 10.6. The van der Waals surface area contributed by atoms with Gasteiger partial charge in [0.2, 0.25) is 0 Å². The number of ether oxygens (including phenoxy) is 1. The number of methoxy groups -OCH3 is 1. The second kappa shape index (κ2) is 7.13. The van der Waals surface area contributed by atoms with Gasteiger partial charge < -0.3 is 15.0 Å². The fourth-order valence-corrected chi connectivity index (χ4v) is 3.39. The van der Waals surface area contributed by atoms with Crippen LogP contribution in [0.4, 0.5) is 5.69 Å². The van der Waals surface area contributed by atoms with E-state index in [1.807, 2.05) is 13.0 Å². The molecule has 0 bridgehead atoms. The number of fused-ring (bicyclic) bond motifs is 1. The molecule has 0 unspecified atom stereocenters. The molecular formula is C19H19N3O3S. The molecule has 6 nitrogen and oxygen atoms in total. The lowest BCUT2D eigenvalue weighted by atomic mass is 10.1. The second-order valence-corrected chi connectivity index (χ2v) is 7.22. The number of thiazole rings is 1. The lowest BCUT2D eigenvalue weighted by molar-refractivity contribution is 0.0824. The summed E-state index contributed by atoms with van der Waals surface area (Å²) in [6.45, 7) is 1.94. The first kappa shape index (κ1) is 17.9. The van der Waals surface area contributed by atoms with Crippen LogP contribution < -0.4 is 10.1 Å². The number of nitrogens with zero attached hydrogens (tertiary/aromatic N) is 2. The highest BCUT2D eigenvalue weighted by Gasteiger charge is 2.16. The fourth-order valence-electron chi connectivity index (χ4n) is 2.58. The molecule has 3 aromatic rings. The summed E-state index contributed by atoms with van der Waals surface area (Å²) in [4.78, 5) is 30.8. The van der Waals surface area contributed by atoms with Crippen molar-refractivity contribution in [1.82, 2.24) is 9.88 Å². The van der Waals surface area contributed by atoms with Crippen LogP contribution in [0.2, 0.25) is 0 Å². The molecule has 0 aliphatic rings. The van der Waals surface area contributed by atoms with Crippen molar-refractivity contribution in [2.45, 2.75) is 6.92 Å². The standard InChI is InChI=1S/C19H19N3O3S/c1-11-20-15-9-12(5-8-17(15)26-11)18(23)21-13-6-7-16(25-4)14(10-13)19(24)22(2)3/h5-10H,1-4H3,(H,21,23). The highest BCUT2D eigenvalue weighted by Crippen LogP contribution is 2.25. The molecule has 2 aromatic carbocycles. The molecule has 3 rings (SSSR count). The van der Waals surface area contributed by atoms with Crippen LogP contribution in [0.1, 0.15) is 25.7 Å². The number of amides is 2. The van der Waals surface area contributed by atoms with Gasteiger partial charge in [0.1, 0.15) is 5.75 Å². The molecule has 1 heterocycles.